The van der Waals surface area contributed by atoms with E-state index in [0.29, 0.717) is 11.8 Å². The Kier molecular flexibility index (Phi) is 3.50. The molecule has 1 aliphatic carbocycles. The minimum atomic E-state index is 0.310. The molecule has 98 valence electrons. The van der Waals surface area contributed by atoms with Gasteiger partial charge in [-0.05, 0) is 30.4 Å². The Balaban J connectivity index is 1.70. The molecule has 1 aliphatic heterocycles. The summed E-state index contributed by atoms with van der Waals surface area (Å²) in [7, 11) is 0. The maximum Gasteiger partial charge on any atom is 0.231 e. The van der Waals surface area contributed by atoms with E-state index in [-0.39, 0.29) is 0 Å². The molecular formula is C15H22N2O. The van der Waals surface area contributed by atoms with Gasteiger partial charge < -0.3 is 5.32 Å². The van der Waals surface area contributed by atoms with Crippen molar-refractivity contribution in [3.8, 4) is 0 Å². The van der Waals surface area contributed by atoms with Crippen LogP contribution < -0.4 is 5.32 Å². The van der Waals surface area contributed by atoms with Crippen LogP contribution in [0.4, 0.5) is 0 Å². The van der Waals surface area contributed by atoms with E-state index in [1.807, 2.05) is 10.8 Å². The molecule has 0 spiro atoms. The fourth-order valence-electron chi connectivity index (χ4n) is 3.35. The first-order chi connectivity index (χ1) is 8.84. The van der Waals surface area contributed by atoms with E-state index in [1.165, 1.54) is 43.4 Å². The molecule has 0 radical (unpaired) electrons. The number of nitrogens with zero attached hydrogens (tertiary/aromatic N) is 1. The third-order valence-corrected chi connectivity index (χ3v) is 4.40. The molecule has 1 aromatic heterocycles. The maximum absolute atomic E-state index is 12.4. The van der Waals surface area contributed by atoms with Gasteiger partial charge in [-0.25, -0.2) is 0 Å². The number of rotatable bonds is 2. The number of fused-ring (bicyclic) bond motifs is 1. The minimum Gasteiger partial charge on any atom is -0.312 e. The van der Waals surface area contributed by atoms with Crippen molar-refractivity contribution in [3.05, 3.63) is 23.5 Å². The van der Waals surface area contributed by atoms with E-state index in [4.69, 9.17) is 0 Å². The van der Waals surface area contributed by atoms with Crippen molar-refractivity contribution in [1.82, 2.24) is 9.88 Å². The average Bonchev–Trinajstić information content (AvgIpc) is 2.84. The quantitative estimate of drug-likeness (QED) is 0.870. The molecule has 3 nitrogen and oxygen atoms in total. The first-order valence-electron chi connectivity index (χ1n) is 7.27. The molecule has 1 saturated carbocycles. The Labute approximate surface area is 109 Å². The first-order valence-corrected chi connectivity index (χ1v) is 7.27. The minimum absolute atomic E-state index is 0.310. The van der Waals surface area contributed by atoms with E-state index in [9.17, 15) is 4.79 Å². The van der Waals surface area contributed by atoms with Crippen LogP contribution in [-0.2, 0) is 13.0 Å². The number of hydrogen-bond acceptors (Lipinski definition) is 2. The Morgan fingerprint density at radius 1 is 1.33 bits per heavy atom. The summed E-state index contributed by atoms with van der Waals surface area (Å²) in [6, 6.07) is 2.10. The smallest absolute Gasteiger partial charge is 0.231 e. The molecule has 0 bridgehead atoms. The van der Waals surface area contributed by atoms with Crippen molar-refractivity contribution < 1.29 is 4.79 Å². The zero-order chi connectivity index (χ0) is 12.4. The van der Waals surface area contributed by atoms with Crippen LogP contribution in [0, 0.1) is 5.92 Å². The molecule has 0 atom stereocenters. The van der Waals surface area contributed by atoms with Crippen molar-refractivity contribution in [2.75, 3.05) is 6.54 Å². The van der Waals surface area contributed by atoms with Gasteiger partial charge in [0.25, 0.3) is 0 Å². The monoisotopic (exact) mass is 246 g/mol. The van der Waals surface area contributed by atoms with Crippen LogP contribution in [0.25, 0.3) is 0 Å². The van der Waals surface area contributed by atoms with E-state index in [2.05, 4.69) is 11.4 Å². The summed E-state index contributed by atoms with van der Waals surface area (Å²) in [5.74, 6) is 0.941. The highest BCUT2D eigenvalue weighted by atomic mass is 16.2. The van der Waals surface area contributed by atoms with Crippen molar-refractivity contribution in [2.24, 2.45) is 5.92 Å². The van der Waals surface area contributed by atoms with Crippen LogP contribution in [0.2, 0.25) is 0 Å². The second kappa shape index (κ2) is 5.27. The highest BCUT2D eigenvalue weighted by Crippen LogP contribution is 2.27. The summed E-state index contributed by atoms with van der Waals surface area (Å²) in [6.07, 6.45) is 10.2. The number of nitrogens with one attached hydrogen (secondary N) is 1. The molecule has 2 aliphatic rings. The molecule has 1 aromatic rings. The zero-order valence-electron chi connectivity index (χ0n) is 11.0. The van der Waals surface area contributed by atoms with Gasteiger partial charge in [0, 0.05) is 37.8 Å². The topological polar surface area (TPSA) is 34.0 Å². The lowest BCUT2D eigenvalue weighted by molar-refractivity contribution is 0.0864. The number of hydrogen-bond donors (Lipinski definition) is 1. The molecule has 1 N–H and O–H groups in total. The fraction of sp³-hybridized carbons (Fsp3) is 0.667. The predicted octanol–water partition coefficient (Wildman–Crippen LogP) is 2.74. The van der Waals surface area contributed by atoms with Gasteiger partial charge in [-0.1, -0.05) is 19.3 Å². The molecule has 18 heavy (non-hydrogen) atoms. The van der Waals surface area contributed by atoms with Crippen molar-refractivity contribution in [1.29, 1.82) is 0 Å². The largest absolute Gasteiger partial charge is 0.312 e. The third kappa shape index (κ3) is 2.37. The van der Waals surface area contributed by atoms with Crippen molar-refractivity contribution in [2.45, 2.75) is 51.5 Å². The van der Waals surface area contributed by atoms with E-state index >= 15 is 0 Å². The van der Waals surface area contributed by atoms with Gasteiger partial charge in [0.05, 0.1) is 0 Å². The molecule has 0 saturated heterocycles. The fourth-order valence-corrected chi connectivity index (χ4v) is 3.35. The predicted molar refractivity (Wildman–Crippen MR) is 71.7 cm³/mol. The van der Waals surface area contributed by atoms with Gasteiger partial charge in [0.2, 0.25) is 5.91 Å². The summed E-state index contributed by atoms with van der Waals surface area (Å²) in [5.41, 5.74) is 2.55. The summed E-state index contributed by atoms with van der Waals surface area (Å²) in [4.78, 5) is 12.4. The lowest BCUT2D eigenvalue weighted by Gasteiger charge is -2.22. The van der Waals surface area contributed by atoms with Crippen LogP contribution in [0.5, 0.6) is 0 Å². The van der Waals surface area contributed by atoms with Crippen LogP contribution in [0.15, 0.2) is 12.3 Å². The molecule has 2 heterocycles. The maximum atomic E-state index is 12.4. The van der Waals surface area contributed by atoms with Gasteiger partial charge in [-0.2, -0.15) is 0 Å². The van der Waals surface area contributed by atoms with Crippen LogP contribution in [0.1, 0.15) is 54.6 Å². The molecule has 0 amide bonds. The van der Waals surface area contributed by atoms with Crippen molar-refractivity contribution in [3.63, 3.8) is 0 Å². The third-order valence-electron chi connectivity index (χ3n) is 4.40. The van der Waals surface area contributed by atoms with E-state index < -0.39 is 0 Å². The Morgan fingerprint density at radius 2 is 2.17 bits per heavy atom. The molecule has 3 rings (SSSR count). The molecule has 1 fully saturated rings. The second-order valence-electron chi connectivity index (χ2n) is 5.69. The lowest BCUT2D eigenvalue weighted by Crippen LogP contribution is -2.27. The van der Waals surface area contributed by atoms with Crippen molar-refractivity contribution >= 4 is 5.91 Å². The van der Waals surface area contributed by atoms with Gasteiger partial charge in [0.1, 0.15) is 0 Å². The summed E-state index contributed by atoms with van der Waals surface area (Å²) in [5, 5.41) is 3.35. The normalized spacial score (nSPS) is 20.7. The van der Waals surface area contributed by atoms with Gasteiger partial charge in [-0.3, -0.25) is 9.36 Å². The summed E-state index contributed by atoms with van der Waals surface area (Å²) < 4.78 is 1.92. The Bertz CT molecular complexity index is 430. The van der Waals surface area contributed by atoms with E-state index in [0.717, 1.165) is 25.9 Å². The summed E-state index contributed by atoms with van der Waals surface area (Å²) in [6.45, 7) is 1.91. The van der Waals surface area contributed by atoms with Gasteiger partial charge in [0.15, 0.2) is 0 Å². The number of aromatic nitrogens is 1. The Hall–Kier alpha value is -1.09. The van der Waals surface area contributed by atoms with Gasteiger partial charge in [-0.15, -0.1) is 0 Å². The Morgan fingerprint density at radius 3 is 3.00 bits per heavy atom. The lowest BCUT2D eigenvalue weighted by atomic mass is 9.87. The number of carbonyl (C=O) groups is 1. The van der Waals surface area contributed by atoms with E-state index in [1.54, 1.807) is 0 Å². The molecular weight excluding hydrogens is 224 g/mol. The molecule has 0 aromatic carbocycles. The van der Waals surface area contributed by atoms with Gasteiger partial charge >= 0.3 is 0 Å². The molecule has 0 unspecified atom stereocenters. The number of carbonyl (C=O) groups excluding carboxylic acids is 1. The zero-order valence-corrected chi connectivity index (χ0v) is 11.0. The SMILES string of the molecule is O=C(CC1CCCCC1)n1ccc2c1CCNC2. The van der Waals surface area contributed by atoms with Crippen LogP contribution >= 0.6 is 0 Å². The highest BCUT2D eigenvalue weighted by Gasteiger charge is 2.21. The average molecular weight is 246 g/mol. The highest BCUT2D eigenvalue weighted by molar-refractivity contribution is 5.80. The first kappa shape index (κ1) is 12.0. The van der Waals surface area contributed by atoms with Crippen LogP contribution in [-0.4, -0.2) is 17.0 Å². The second-order valence-corrected chi connectivity index (χ2v) is 5.69. The molecule has 3 heteroatoms. The van der Waals surface area contributed by atoms with Crippen LogP contribution in [0.3, 0.4) is 0 Å². The summed E-state index contributed by atoms with van der Waals surface area (Å²) >= 11 is 0. The standard InChI is InChI=1S/C15H22N2O/c18-15(10-12-4-2-1-3-5-12)17-9-7-13-11-16-8-6-14(13)17/h7,9,12,16H,1-6,8,10-11H2.